The summed E-state index contributed by atoms with van der Waals surface area (Å²) in [6.45, 7) is 0.753. The highest BCUT2D eigenvalue weighted by atomic mass is 127. The summed E-state index contributed by atoms with van der Waals surface area (Å²) in [6, 6.07) is 5.38. The second kappa shape index (κ2) is 6.71. The molecule has 0 N–H and O–H groups in total. The lowest BCUT2D eigenvalue weighted by Crippen LogP contribution is -2.29. The van der Waals surface area contributed by atoms with Gasteiger partial charge in [0.2, 0.25) is 0 Å². The number of amides is 1. The molecule has 0 unspecified atom stereocenters. The molecule has 16 heavy (non-hydrogen) atoms. The van der Waals surface area contributed by atoms with Crippen LogP contribution in [-0.4, -0.2) is 36.4 Å². The number of hydrogen-bond acceptors (Lipinski definition) is 2. The van der Waals surface area contributed by atoms with Gasteiger partial charge in [-0.1, -0.05) is 11.6 Å². The van der Waals surface area contributed by atoms with Crippen molar-refractivity contribution >= 4 is 51.9 Å². The lowest BCUT2D eigenvalue weighted by atomic mass is 10.2. The Morgan fingerprint density at radius 1 is 1.56 bits per heavy atom. The first-order valence-corrected chi connectivity index (χ1v) is 7.60. The van der Waals surface area contributed by atoms with Crippen molar-refractivity contribution < 1.29 is 4.79 Å². The number of halogens is 2. The molecule has 0 saturated heterocycles. The maximum Gasteiger partial charge on any atom is 0.254 e. The summed E-state index contributed by atoms with van der Waals surface area (Å²) in [6.07, 6.45) is 2.03. The maximum absolute atomic E-state index is 12.1. The lowest BCUT2D eigenvalue weighted by molar-refractivity contribution is 0.0803. The topological polar surface area (TPSA) is 20.3 Å². The van der Waals surface area contributed by atoms with E-state index in [1.807, 2.05) is 19.4 Å². The van der Waals surface area contributed by atoms with Gasteiger partial charge in [0, 0.05) is 27.9 Å². The average Bonchev–Trinajstić information content (AvgIpc) is 2.28. The van der Waals surface area contributed by atoms with E-state index in [0.717, 1.165) is 15.9 Å². The molecule has 0 aliphatic rings. The van der Waals surface area contributed by atoms with Gasteiger partial charge in [-0.25, -0.2) is 0 Å². The maximum atomic E-state index is 12.1. The Kier molecular flexibility index (Phi) is 5.92. The van der Waals surface area contributed by atoms with Crippen LogP contribution in [0.2, 0.25) is 5.02 Å². The van der Waals surface area contributed by atoms with Crippen molar-refractivity contribution in [1.82, 2.24) is 4.90 Å². The summed E-state index contributed by atoms with van der Waals surface area (Å²) < 4.78 is 0.933. The number of nitrogens with zero attached hydrogens (tertiary/aromatic N) is 1. The van der Waals surface area contributed by atoms with Crippen LogP contribution in [0.1, 0.15) is 10.4 Å². The summed E-state index contributed by atoms with van der Waals surface area (Å²) >= 11 is 9.77. The molecule has 0 bridgehead atoms. The van der Waals surface area contributed by atoms with E-state index in [-0.39, 0.29) is 5.91 Å². The van der Waals surface area contributed by atoms with Crippen LogP contribution in [0.25, 0.3) is 0 Å². The van der Waals surface area contributed by atoms with Crippen LogP contribution in [0.4, 0.5) is 0 Å². The van der Waals surface area contributed by atoms with Crippen LogP contribution in [0.3, 0.4) is 0 Å². The Hall–Kier alpha value is 0.0600. The van der Waals surface area contributed by atoms with Gasteiger partial charge in [-0.15, -0.1) is 0 Å². The number of thioether (sulfide) groups is 1. The fourth-order valence-corrected chi connectivity index (χ4v) is 2.39. The van der Waals surface area contributed by atoms with E-state index >= 15 is 0 Å². The monoisotopic (exact) mass is 369 g/mol. The number of benzene rings is 1. The minimum atomic E-state index is 0.0287. The van der Waals surface area contributed by atoms with Crippen molar-refractivity contribution in [3.8, 4) is 0 Å². The Morgan fingerprint density at radius 2 is 2.25 bits per heavy atom. The van der Waals surface area contributed by atoms with Gasteiger partial charge in [-0.3, -0.25) is 4.79 Å². The predicted molar refractivity (Wildman–Crippen MR) is 79.5 cm³/mol. The number of carbonyl (C=O) groups is 1. The van der Waals surface area contributed by atoms with Crippen molar-refractivity contribution in [3.05, 3.63) is 32.4 Å². The molecule has 1 amide bonds. The minimum Gasteiger partial charge on any atom is -0.341 e. The first-order chi connectivity index (χ1) is 7.56. The van der Waals surface area contributed by atoms with Crippen LogP contribution in [0.15, 0.2) is 18.2 Å². The van der Waals surface area contributed by atoms with Crippen molar-refractivity contribution in [1.29, 1.82) is 0 Å². The van der Waals surface area contributed by atoms with Gasteiger partial charge in [-0.05, 0) is 47.0 Å². The molecule has 2 nitrogen and oxygen atoms in total. The van der Waals surface area contributed by atoms with Gasteiger partial charge in [0.1, 0.15) is 0 Å². The molecule has 0 aromatic heterocycles. The van der Waals surface area contributed by atoms with Crippen LogP contribution >= 0.6 is 46.0 Å². The summed E-state index contributed by atoms with van der Waals surface area (Å²) in [5, 5.41) is 0.599. The Labute approximate surface area is 119 Å². The molecule has 1 aromatic carbocycles. The first-order valence-electron chi connectivity index (χ1n) is 4.75. The van der Waals surface area contributed by atoms with E-state index in [2.05, 4.69) is 22.6 Å². The van der Waals surface area contributed by atoms with Gasteiger partial charge >= 0.3 is 0 Å². The molecule has 0 fully saturated rings. The largest absolute Gasteiger partial charge is 0.341 e. The second-order valence-corrected chi connectivity index (χ2v) is 5.93. The fourth-order valence-electron chi connectivity index (χ4n) is 1.20. The van der Waals surface area contributed by atoms with Gasteiger partial charge in [0.15, 0.2) is 0 Å². The predicted octanol–water partition coefficient (Wildman–Crippen LogP) is 3.38. The quantitative estimate of drug-likeness (QED) is 0.758. The van der Waals surface area contributed by atoms with Crippen LogP contribution < -0.4 is 0 Å². The number of hydrogen-bond donors (Lipinski definition) is 0. The standard InChI is InChI=1S/C11H13ClINOS/c1-14(5-6-16-2)11(15)9-7-8(12)3-4-10(9)13/h3-4,7H,5-6H2,1-2H3. The molecule has 0 aliphatic carbocycles. The summed E-state index contributed by atoms with van der Waals surface area (Å²) in [5.41, 5.74) is 0.678. The molecule has 88 valence electrons. The summed E-state index contributed by atoms with van der Waals surface area (Å²) in [4.78, 5) is 13.8. The zero-order valence-corrected chi connectivity index (χ0v) is 12.9. The van der Waals surface area contributed by atoms with Crippen molar-refractivity contribution in [2.24, 2.45) is 0 Å². The zero-order valence-electron chi connectivity index (χ0n) is 9.17. The summed E-state index contributed by atoms with van der Waals surface area (Å²) in [7, 11) is 1.82. The third kappa shape index (κ3) is 3.82. The highest BCUT2D eigenvalue weighted by Gasteiger charge is 2.14. The molecule has 0 atom stereocenters. The van der Waals surface area contributed by atoms with Gasteiger partial charge in [0.05, 0.1) is 5.56 Å². The van der Waals surface area contributed by atoms with Crippen LogP contribution in [0, 0.1) is 3.57 Å². The van der Waals surface area contributed by atoms with E-state index in [1.165, 1.54) is 0 Å². The molecule has 0 spiro atoms. The first kappa shape index (κ1) is 14.1. The molecule has 0 saturated carbocycles. The van der Waals surface area contributed by atoms with Crippen LogP contribution in [0.5, 0.6) is 0 Å². The number of carbonyl (C=O) groups excluding carboxylic acids is 1. The van der Waals surface area contributed by atoms with Crippen molar-refractivity contribution in [3.63, 3.8) is 0 Å². The third-order valence-electron chi connectivity index (χ3n) is 2.14. The van der Waals surface area contributed by atoms with Gasteiger partial charge in [0.25, 0.3) is 5.91 Å². The van der Waals surface area contributed by atoms with E-state index in [0.29, 0.717) is 10.6 Å². The van der Waals surface area contributed by atoms with E-state index < -0.39 is 0 Å². The van der Waals surface area contributed by atoms with E-state index in [1.54, 1.807) is 28.8 Å². The van der Waals surface area contributed by atoms with Crippen molar-refractivity contribution in [2.75, 3.05) is 25.6 Å². The molecule has 0 aliphatic heterocycles. The van der Waals surface area contributed by atoms with Crippen LogP contribution in [-0.2, 0) is 0 Å². The molecule has 0 heterocycles. The van der Waals surface area contributed by atoms with E-state index in [9.17, 15) is 4.79 Å². The molecular weight excluding hydrogens is 357 g/mol. The Morgan fingerprint density at radius 3 is 2.88 bits per heavy atom. The second-order valence-electron chi connectivity index (χ2n) is 3.34. The Balaban J connectivity index is 2.83. The van der Waals surface area contributed by atoms with Gasteiger partial charge < -0.3 is 4.90 Å². The fraction of sp³-hybridized carbons (Fsp3) is 0.364. The van der Waals surface area contributed by atoms with Gasteiger partial charge in [-0.2, -0.15) is 11.8 Å². The highest BCUT2D eigenvalue weighted by Crippen LogP contribution is 2.19. The number of rotatable bonds is 4. The molecule has 1 aromatic rings. The minimum absolute atomic E-state index is 0.0287. The van der Waals surface area contributed by atoms with Crippen molar-refractivity contribution in [2.45, 2.75) is 0 Å². The SMILES string of the molecule is CSCCN(C)C(=O)c1cc(Cl)ccc1I. The Bertz CT molecular complexity index is 386. The zero-order chi connectivity index (χ0) is 12.1. The van der Waals surface area contributed by atoms with E-state index in [4.69, 9.17) is 11.6 Å². The highest BCUT2D eigenvalue weighted by molar-refractivity contribution is 14.1. The third-order valence-corrected chi connectivity index (χ3v) is 3.90. The average molecular weight is 370 g/mol. The molecular formula is C11H13ClINOS. The lowest BCUT2D eigenvalue weighted by Gasteiger charge is -2.17. The molecule has 5 heteroatoms. The summed E-state index contributed by atoms with van der Waals surface area (Å²) in [5.74, 6) is 0.972. The molecule has 0 radical (unpaired) electrons. The smallest absolute Gasteiger partial charge is 0.254 e. The normalized spacial score (nSPS) is 10.2. The molecule has 1 rings (SSSR count).